The summed E-state index contributed by atoms with van der Waals surface area (Å²) in [5.41, 5.74) is -3.30. The molecular formula is C27H32F11NO. The van der Waals surface area contributed by atoms with Crippen molar-refractivity contribution in [2.45, 2.75) is 60.1 Å². The van der Waals surface area contributed by atoms with E-state index in [9.17, 15) is 48.3 Å². The summed E-state index contributed by atoms with van der Waals surface area (Å²) in [5.74, 6) is -2.87. The Morgan fingerprint density at radius 1 is 0.500 bits per heavy atom. The molecule has 2 aromatic carbocycles. The van der Waals surface area contributed by atoms with Crippen molar-refractivity contribution in [2.24, 2.45) is 0 Å². The third-order valence-corrected chi connectivity index (χ3v) is 3.63. The molecule has 2 nitrogen and oxygen atoms in total. The highest BCUT2D eigenvalue weighted by Gasteiger charge is 2.35. The predicted molar refractivity (Wildman–Crippen MR) is 133 cm³/mol. The molecule has 0 radical (unpaired) electrons. The molecule has 0 fully saturated rings. The third-order valence-electron chi connectivity index (χ3n) is 3.63. The standard InChI is InChI=1S/2C7H4F4.C7H6F3NO.3C2H6/c2*8-6-4-2-1-3-5(6)7(9,10)11;1-12-6-5(7(8,9)10)3-2-4-11-6;3*1-2/h2*1-4H;2-4H,1H3;3*1-2H3. The number of aromatic nitrogens is 1. The van der Waals surface area contributed by atoms with Crippen LogP contribution in [0.25, 0.3) is 0 Å². The van der Waals surface area contributed by atoms with Crippen molar-refractivity contribution < 1.29 is 53.0 Å². The maximum absolute atomic E-state index is 12.4. The molecule has 0 saturated carbocycles. The van der Waals surface area contributed by atoms with Gasteiger partial charge in [0.1, 0.15) is 17.2 Å². The lowest BCUT2D eigenvalue weighted by Crippen LogP contribution is -2.08. The van der Waals surface area contributed by atoms with Gasteiger partial charge in [0.25, 0.3) is 0 Å². The van der Waals surface area contributed by atoms with Crippen LogP contribution in [0.15, 0.2) is 66.9 Å². The number of alkyl halides is 9. The molecule has 0 unspecified atom stereocenters. The lowest BCUT2D eigenvalue weighted by atomic mass is 10.2. The molecule has 1 heterocycles. The van der Waals surface area contributed by atoms with Crippen LogP contribution in [0, 0.1) is 11.6 Å². The van der Waals surface area contributed by atoms with Crippen molar-refractivity contribution in [3.8, 4) is 5.88 Å². The van der Waals surface area contributed by atoms with Crippen LogP contribution in [0.3, 0.4) is 0 Å². The average Bonchev–Trinajstić information content (AvgIpc) is 2.91. The molecule has 228 valence electrons. The summed E-state index contributed by atoms with van der Waals surface area (Å²) in [7, 11) is 1.15. The van der Waals surface area contributed by atoms with Crippen LogP contribution in [-0.4, -0.2) is 12.1 Å². The van der Waals surface area contributed by atoms with E-state index in [-0.39, 0.29) is 0 Å². The Morgan fingerprint density at radius 2 is 0.800 bits per heavy atom. The largest absolute Gasteiger partial charge is 0.481 e. The molecule has 0 amide bonds. The summed E-state index contributed by atoms with van der Waals surface area (Å²) in [6.07, 6.45) is -12.3. The number of ether oxygens (including phenoxy) is 1. The zero-order valence-corrected chi connectivity index (χ0v) is 22.9. The number of hydrogen-bond donors (Lipinski definition) is 0. The summed E-state index contributed by atoms with van der Waals surface area (Å²) >= 11 is 0. The quantitative estimate of drug-likeness (QED) is 0.261. The second kappa shape index (κ2) is 20.5. The molecule has 0 aliphatic heterocycles. The average molecular weight is 596 g/mol. The number of hydrogen-bond acceptors (Lipinski definition) is 2. The van der Waals surface area contributed by atoms with Crippen LogP contribution in [0.1, 0.15) is 58.2 Å². The molecule has 3 aromatic rings. The normalized spacial score (nSPS) is 10.2. The lowest BCUT2D eigenvalue weighted by molar-refractivity contribution is -0.140. The van der Waals surface area contributed by atoms with E-state index in [1.807, 2.05) is 41.5 Å². The maximum atomic E-state index is 12.4. The van der Waals surface area contributed by atoms with E-state index in [0.29, 0.717) is 12.1 Å². The second-order valence-electron chi connectivity index (χ2n) is 6.01. The Kier molecular flexibility index (Phi) is 21.1. The number of nitrogens with zero attached hydrogens (tertiary/aromatic N) is 1. The third kappa shape index (κ3) is 15.9. The van der Waals surface area contributed by atoms with Crippen LogP contribution in [-0.2, 0) is 18.5 Å². The van der Waals surface area contributed by atoms with Crippen LogP contribution >= 0.6 is 0 Å². The fourth-order valence-corrected chi connectivity index (χ4v) is 2.15. The molecule has 40 heavy (non-hydrogen) atoms. The molecule has 0 saturated heterocycles. The smallest absolute Gasteiger partial charge is 0.421 e. The maximum Gasteiger partial charge on any atom is 0.421 e. The van der Waals surface area contributed by atoms with Gasteiger partial charge in [-0.3, -0.25) is 0 Å². The molecule has 0 N–H and O–H groups in total. The molecule has 0 bridgehead atoms. The first-order valence-corrected chi connectivity index (χ1v) is 11.8. The van der Waals surface area contributed by atoms with Crippen LogP contribution in [0.5, 0.6) is 5.88 Å². The van der Waals surface area contributed by atoms with Gasteiger partial charge in [0.2, 0.25) is 5.88 Å². The zero-order chi connectivity index (χ0) is 32.2. The molecule has 1 aromatic heterocycles. The minimum Gasteiger partial charge on any atom is -0.481 e. The van der Waals surface area contributed by atoms with Gasteiger partial charge in [0.15, 0.2) is 0 Å². The van der Waals surface area contributed by atoms with Gasteiger partial charge in [-0.2, -0.15) is 39.5 Å². The molecule has 0 aliphatic carbocycles. The van der Waals surface area contributed by atoms with Crippen LogP contribution in [0.4, 0.5) is 48.3 Å². The van der Waals surface area contributed by atoms with Gasteiger partial charge in [-0.1, -0.05) is 65.8 Å². The lowest BCUT2D eigenvalue weighted by Gasteiger charge is -2.09. The summed E-state index contributed by atoms with van der Waals surface area (Å²) < 4.78 is 136. The molecule has 0 aliphatic rings. The highest BCUT2D eigenvalue weighted by molar-refractivity contribution is 5.28. The number of benzene rings is 2. The molecular weight excluding hydrogens is 563 g/mol. The monoisotopic (exact) mass is 595 g/mol. The van der Waals surface area contributed by atoms with Gasteiger partial charge >= 0.3 is 18.5 Å². The van der Waals surface area contributed by atoms with Gasteiger partial charge in [0, 0.05) is 6.20 Å². The zero-order valence-electron chi connectivity index (χ0n) is 22.9. The minimum atomic E-state index is -4.59. The van der Waals surface area contributed by atoms with Crippen molar-refractivity contribution in [2.75, 3.05) is 7.11 Å². The van der Waals surface area contributed by atoms with Gasteiger partial charge in [-0.25, -0.2) is 13.8 Å². The van der Waals surface area contributed by atoms with E-state index in [0.717, 1.165) is 37.4 Å². The van der Waals surface area contributed by atoms with Crippen LogP contribution in [0.2, 0.25) is 0 Å². The fourth-order valence-electron chi connectivity index (χ4n) is 2.15. The Balaban J connectivity index is -0.000000468. The highest BCUT2D eigenvalue weighted by Crippen LogP contribution is 2.34. The first kappa shape index (κ1) is 41.1. The molecule has 0 atom stereocenters. The summed E-state index contributed by atoms with van der Waals surface area (Å²) in [6.45, 7) is 12.0. The van der Waals surface area contributed by atoms with E-state index < -0.39 is 52.7 Å². The Bertz CT molecular complexity index is 992. The minimum absolute atomic E-state index is 0.398. The van der Waals surface area contributed by atoms with Crippen LogP contribution < -0.4 is 4.74 Å². The SMILES string of the molecule is CC.CC.CC.COc1ncccc1C(F)(F)F.Fc1ccccc1C(F)(F)F.Fc1ccccc1C(F)(F)F. The number of methoxy groups -OCH3 is 1. The predicted octanol–water partition coefficient (Wildman–Crippen LogP) is 10.9. The second-order valence-corrected chi connectivity index (χ2v) is 6.01. The van der Waals surface area contributed by atoms with Crippen molar-refractivity contribution in [1.82, 2.24) is 4.98 Å². The summed E-state index contributed by atoms with van der Waals surface area (Å²) in [5, 5.41) is 0. The number of rotatable bonds is 1. The Labute approximate surface area is 226 Å². The van der Waals surface area contributed by atoms with Gasteiger partial charge < -0.3 is 4.74 Å². The van der Waals surface area contributed by atoms with Gasteiger partial charge in [0.05, 0.1) is 18.2 Å². The topological polar surface area (TPSA) is 22.1 Å². The van der Waals surface area contributed by atoms with E-state index in [2.05, 4.69) is 9.72 Å². The fraction of sp³-hybridized carbons (Fsp3) is 0.370. The Hall–Kier alpha value is -3.38. The first-order valence-electron chi connectivity index (χ1n) is 11.8. The molecule has 3 rings (SSSR count). The van der Waals surface area contributed by atoms with E-state index >= 15 is 0 Å². The van der Waals surface area contributed by atoms with Crippen molar-refractivity contribution in [3.05, 3.63) is 95.2 Å². The summed E-state index contributed by atoms with van der Waals surface area (Å²) in [4.78, 5) is 3.42. The molecule has 13 heteroatoms. The number of halogens is 11. The van der Waals surface area contributed by atoms with E-state index in [4.69, 9.17) is 0 Å². The van der Waals surface area contributed by atoms with Gasteiger partial charge in [-0.05, 0) is 36.4 Å². The molecule has 0 spiro atoms. The van der Waals surface area contributed by atoms with Crippen molar-refractivity contribution >= 4 is 0 Å². The van der Waals surface area contributed by atoms with Crippen molar-refractivity contribution in [3.63, 3.8) is 0 Å². The van der Waals surface area contributed by atoms with E-state index in [1.165, 1.54) is 24.4 Å². The number of pyridine rings is 1. The first-order chi connectivity index (χ1) is 18.6. The van der Waals surface area contributed by atoms with Crippen molar-refractivity contribution in [1.29, 1.82) is 0 Å². The highest BCUT2D eigenvalue weighted by atomic mass is 19.4. The van der Waals surface area contributed by atoms with E-state index in [1.54, 1.807) is 0 Å². The van der Waals surface area contributed by atoms with Gasteiger partial charge in [-0.15, -0.1) is 0 Å². The Morgan fingerprint density at radius 3 is 1.02 bits per heavy atom. The summed E-state index contributed by atoms with van der Waals surface area (Å²) in [6, 6.07) is 9.82.